The fourth-order valence-corrected chi connectivity index (χ4v) is 1.65. The van der Waals surface area contributed by atoms with E-state index in [1.807, 2.05) is 0 Å². The number of halogens is 7. The summed E-state index contributed by atoms with van der Waals surface area (Å²) in [6.45, 7) is 0. The Balaban J connectivity index is 2.81. The van der Waals surface area contributed by atoms with Gasteiger partial charge in [0.05, 0.1) is 16.6 Å². The van der Waals surface area contributed by atoms with Gasteiger partial charge in [0.15, 0.2) is 0 Å². The molecule has 98 valence electrons. The summed E-state index contributed by atoms with van der Waals surface area (Å²) in [4.78, 5) is 5.46. The highest BCUT2D eigenvalue weighted by molar-refractivity contribution is 6.29. The van der Waals surface area contributed by atoms with Gasteiger partial charge in [0.1, 0.15) is 5.52 Å². The molecule has 0 saturated heterocycles. The number of benzene rings is 1. The number of imidazole rings is 1. The van der Waals surface area contributed by atoms with E-state index in [-0.39, 0.29) is 6.07 Å². The van der Waals surface area contributed by atoms with Gasteiger partial charge >= 0.3 is 12.4 Å². The molecular weight excluding hydrogens is 286 g/mol. The molecule has 18 heavy (non-hydrogen) atoms. The topological polar surface area (TPSA) is 28.7 Å². The summed E-state index contributed by atoms with van der Waals surface area (Å²) in [5.41, 5.74) is -3.94. The van der Waals surface area contributed by atoms with Crippen LogP contribution in [-0.2, 0) is 12.4 Å². The quantitative estimate of drug-likeness (QED) is 0.721. The smallest absolute Gasteiger partial charge is 0.329 e. The predicted molar refractivity (Wildman–Crippen MR) is 51.1 cm³/mol. The molecule has 0 aliphatic heterocycles. The number of rotatable bonds is 0. The van der Waals surface area contributed by atoms with Crippen molar-refractivity contribution in [1.82, 2.24) is 9.97 Å². The minimum atomic E-state index is -4.95. The van der Waals surface area contributed by atoms with Crippen molar-refractivity contribution in [2.45, 2.75) is 12.4 Å². The molecule has 0 fully saturated rings. The molecule has 2 aromatic rings. The molecule has 0 aliphatic carbocycles. The van der Waals surface area contributed by atoms with Crippen LogP contribution in [0.15, 0.2) is 12.1 Å². The highest BCUT2D eigenvalue weighted by Crippen LogP contribution is 2.39. The lowest BCUT2D eigenvalue weighted by molar-refractivity contribution is -0.142. The van der Waals surface area contributed by atoms with E-state index < -0.39 is 39.8 Å². The first-order valence-corrected chi connectivity index (χ1v) is 4.80. The highest BCUT2D eigenvalue weighted by atomic mass is 35.5. The number of H-pyrrole nitrogens is 1. The predicted octanol–water partition coefficient (Wildman–Crippen LogP) is 4.25. The summed E-state index contributed by atoms with van der Waals surface area (Å²) in [6.07, 6.45) is -9.83. The lowest BCUT2D eigenvalue weighted by Gasteiger charge is -2.11. The fourth-order valence-electron chi connectivity index (χ4n) is 1.47. The number of hydrogen-bond acceptors (Lipinski definition) is 1. The Kier molecular flexibility index (Phi) is 2.73. The molecule has 2 nitrogen and oxygen atoms in total. The third-order valence-electron chi connectivity index (χ3n) is 2.19. The average molecular weight is 289 g/mol. The third-order valence-corrected chi connectivity index (χ3v) is 2.37. The largest absolute Gasteiger partial charge is 0.418 e. The molecule has 0 amide bonds. The number of nitrogens with one attached hydrogen (secondary N) is 1. The van der Waals surface area contributed by atoms with E-state index in [9.17, 15) is 26.3 Å². The molecule has 0 aliphatic rings. The van der Waals surface area contributed by atoms with Gasteiger partial charge in [0.25, 0.3) is 0 Å². The van der Waals surface area contributed by atoms with Gasteiger partial charge in [-0.25, -0.2) is 4.98 Å². The molecular formula is C9H3ClF6N2. The number of nitrogens with zero attached hydrogens (tertiary/aromatic N) is 1. The van der Waals surface area contributed by atoms with Crippen molar-refractivity contribution in [3.05, 3.63) is 28.5 Å². The van der Waals surface area contributed by atoms with Crippen LogP contribution in [0.5, 0.6) is 0 Å². The molecule has 0 spiro atoms. The summed E-state index contributed by atoms with van der Waals surface area (Å²) < 4.78 is 75.3. The van der Waals surface area contributed by atoms with Crippen LogP contribution in [0.3, 0.4) is 0 Å². The molecule has 9 heteroatoms. The van der Waals surface area contributed by atoms with Crippen LogP contribution >= 0.6 is 11.6 Å². The van der Waals surface area contributed by atoms with Crippen LogP contribution < -0.4 is 0 Å². The van der Waals surface area contributed by atoms with E-state index in [0.29, 0.717) is 6.07 Å². The monoisotopic (exact) mass is 288 g/mol. The lowest BCUT2D eigenvalue weighted by Crippen LogP contribution is -2.11. The normalized spacial score (nSPS) is 13.3. The first kappa shape index (κ1) is 13.0. The van der Waals surface area contributed by atoms with Crippen molar-refractivity contribution in [2.75, 3.05) is 0 Å². The molecule has 1 N–H and O–H groups in total. The standard InChI is InChI=1S/C9H3ClF6N2/c10-7-17-5-2-3(8(11,12)13)1-4(6(5)18-7)9(14,15)16/h1-2H,(H,17,18). The van der Waals surface area contributed by atoms with Crippen molar-refractivity contribution in [3.63, 3.8) is 0 Å². The zero-order valence-corrected chi connectivity index (χ0v) is 9.00. The maximum Gasteiger partial charge on any atom is 0.418 e. The van der Waals surface area contributed by atoms with Gasteiger partial charge < -0.3 is 4.98 Å². The van der Waals surface area contributed by atoms with Crippen molar-refractivity contribution in [2.24, 2.45) is 0 Å². The van der Waals surface area contributed by atoms with E-state index in [0.717, 1.165) is 0 Å². The Bertz CT molecular complexity index is 597. The molecule has 1 heterocycles. The van der Waals surface area contributed by atoms with Crippen molar-refractivity contribution >= 4 is 22.6 Å². The van der Waals surface area contributed by atoms with E-state index in [1.54, 1.807) is 0 Å². The Morgan fingerprint density at radius 3 is 2.11 bits per heavy atom. The van der Waals surface area contributed by atoms with Crippen LogP contribution in [0, 0.1) is 0 Å². The molecule has 0 saturated carbocycles. The van der Waals surface area contributed by atoms with Crippen molar-refractivity contribution < 1.29 is 26.3 Å². The van der Waals surface area contributed by atoms with Gasteiger partial charge in [0, 0.05) is 0 Å². The van der Waals surface area contributed by atoms with Crippen LogP contribution in [-0.4, -0.2) is 9.97 Å². The van der Waals surface area contributed by atoms with Crippen molar-refractivity contribution in [3.8, 4) is 0 Å². The Hall–Kier alpha value is -1.44. The lowest BCUT2D eigenvalue weighted by atomic mass is 10.1. The van der Waals surface area contributed by atoms with Gasteiger partial charge in [-0.15, -0.1) is 0 Å². The molecule has 1 aromatic heterocycles. The zero-order valence-electron chi connectivity index (χ0n) is 8.25. The second-order valence-corrected chi connectivity index (χ2v) is 3.80. The minimum absolute atomic E-state index is 0.0134. The van der Waals surface area contributed by atoms with Crippen molar-refractivity contribution in [1.29, 1.82) is 0 Å². The zero-order chi connectivity index (χ0) is 13.7. The first-order valence-electron chi connectivity index (χ1n) is 4.42. The summed E-state index contributed by atoms with van der Waals surface area (Å²) in [5.74, 6) is 0. The van der Waals surface area contributed by atoms with E-state index in [4.69, 9.17) is 11.6 Å². The molecule has 0 atom stereocenters. The van der Waals surface area contributed by atoms with Crippen LogP contribution in [0.25, 0.3) is 11.0 Å². The highest BCUT2D eigenvalue weighted by Gasteiger charge is 2.39. The summed E-state index contributed by atoms with van der Waals surface area (Å²) in [6, 6.07) is 0.545. The minimum Gasteiger partial charge on any atom is -0.329 e. The van der Waals surface area contributed by atoms with E-state index in [2.05, 4.69) is 9.97 Å². The molecule has 0 bridgehead atoms. The molecule has 1 aromatic carbocycles. The maximum absolute atomic E-state index is 12.6. The van der Waals surface area contributed by atoms with E-state index in [1.165, 1.54) is 0 Å². The number of aromatic amines is 1. The molecule has 0 unspecified atom stereocenters. The van der Waals surface area contributed by atoms with Gasteiger partial charge in [-0.1, -0.05) is 0 Å². The van der Waals surface area contributed by atoms with Crippen LogP contribution in [0.4, 0.5) is 26.3 Å². The van der Waals surface area contributed by atoms with Crippen LogP contribution in [0.2, 0.25) is 5.28 Å². The number of alkyl halides is 6. The summed E-state index contributed by atoms with van der Waals surface area (Å²) in [5, 5.41) is -0.408. The third kappa shape index (κ3) is 2.24. The Morgan fingerprint density at radius 1 is 1.00 bits per heavy atom. The average Bonchev–Trinajstić information content (AvgIpc) is 2.52. The van der Waals surface area contributed by atoms with Gasteiger partial charge in [0.2, 0.25) is 5.28 Å². The molecule has 2 rings (SSSR count). The second-order valence-electron chi connectivity index (χ2n) is 3.44. The summed E-state index contributed by atoms with van der Waals surface area (Å²) >= 11 is 5.36. The van der Waals surface area contributed by atoms with Gasteiger partial charge in [-0.2, -0.15) is 26.3 Å². The van der Waals surface area contributed by atoms with Crippen LogP contribution in [0.1, 0.15) is 11.1 Å². The number of hydrogen-bond donors (Lipinski definition) is 1. The number of fused-ring (bicyclic) bond motifs is 1. The Labute approximate surface area is 101 Å². The molecule has 0 radical (unpaired) electrons. The Morgan fingerprint density at radius 2 is 1.61 bits per heavy atom. The number of aromatic nitrogens is 2. The SMILES string of the molecule is FC(F)(F)c1cc(C(F)(F)F)c2nc(Cl)[nH]c2c1. The van der Waals surface area contributed by atoms with E-state index >= 15 is 0 Å². The maximum atomic E-state index is 12.6. The second kappa shape index (κ2) is 3.78. The van der Waals surface area contributed by atoms with Gasteiger partial charge in [-0.05, 0) is 23.7 Å². The first-order chi connectivity index (χ1) is 8.09. The van der Waals surface area contributed by atoms with Gasteiger partial charge in [-0.3, -0.25) is 0 Å². The fraction of sp³-hybridized carbons (Fsp3) is 0.222. The summed E-state index contributed by atoms with van der Waals surface area (Å²) in [7, 11) is 0.